The zero-order valence-corrected chi connectivity index (χ0v) is 11.7. The molecule has 1 aliphatic heterocycles. The molecule has 4 heteroatoms. The van der Waals surface area contributed by atoms with Crippen LogP contribution in [0.5, 0.6) is 0 Å². The predicted molar refractivity (Wildman–Crippen MR) is 70.9 cm³/mol. The fourth-order valence-corrected chi connectivity index (χ4v) is 2.38. The van der Waals surface area contributed by atoms with Crippen LogP contribution in [0.2, 0.25) is 0 Å². The first kappa shape index (κ1) is 14.5. The van der Waals surface area contributed by atoms with E-state index >= 15 is 0 Å². The molecule has 0 radical (unpaired) electrons. The number of nitrogens with zero attached hydrogens (tertiary/aromatic N) is 2. The molecule has 0 saturated carbocycles. The van der Waals surface area contributed by atoms with E-state index in [9.17, 15) is 4.79 Å². The maximum Gasteiger partial charge on any atom is 0.227 e. The van der Waals surface area contributed by atoms with E-state index in [-0.39, 0.29) is 5.92 Å². The summed E-state index contributed by atoms with van der Waals surface area (Å²) < 4.78 is 0. The van der Waals surface area contributed by atoms with Crippen molar-refractivity contribution in [3.63, 3.8) is 0 Å². The van der Waals surface area contributed by atoms with Crippen LogP contribution >= 0.6 is 0 Å². The van der Waals surface area contributed by atoms with E-state index in [0.717, 1.165) is 39.1 Å². The number of carbonyl (C=O) groups excluding carboxylic acids is 1. The van der Waals surface area contributed by atoms with Gasteiger partial charge in [0.15, 0.2) is 0 Å². The maximum absolute atomic E-state index is 12.3. The van der Waals surface area contributed by atoms with E-state index in [2.05, 4.69) is 38.2 Å². The van der Waals surface area contributed by atoms with Crippen LogP contribution in [0, 0.1) is 11.8 Å². The molecule has 0 aliphatic carbocycles. The second kappa shape index (κ2) is 6.97. The van der Waals surface area contributed by atoms with Gasteiger partial charge in [-0.15, -0.1) is 0 Å². The van der Waals surface area contributed by atoms with Gasteiger partial charge in [-0.3, -0.25) is 4.79 Å². The molecule has 2 atom stereocenters. The van der Waals surface area contributed by atoms with Gasteiger partial charge in [0.25, 0.3) is 0 Å². The van der Waals surface area contributed by atoms with Crippen molar-refractivity contribution in [3.8, 4) is 0 Å². The Bertz CT molecular complexity index is 243. The van der Waals surface area contributed by atoms with Crippen molar-refractivity contribution in [2.75, 3.05) is 46.8 Å². The Hall–Kier alpha value is -0.610. The van der Waals surface area contributed by atoms with Crippen LogP contribution in [0.1, 0.15) is 20.3 Å². The lowest BCUT2D eigenvalue weighted by molar-refractivity contribution is -0.135. The van der Waals surface area contributed by atoms with Gasteiger partial charge in [-0.05, 0) is 46.4 Å². The van der Waals surface area contributed by atoms with Crippen molar-refractivity contribution in [1.82, 2.24) is 15.1 Å². The molecular formula is C13H27N3O. The van der Waals surface area contributed by atoms with E-state index < -0.39 is 0 Å². The lowest BCUT2D eigenvalue weighted by Crippen LogP contribution is -2.40. The Morgan fingerprint density at radius 2 is 2.00 bits per heavy atom. The van der Waals surface area contributed by atoms with Crippen molar-refractivity contribution in [2.24, 2.45) is 11.8 Å². The van der Waals surface area contributed by atoms with Crippen molar-refractivity contribution < 1.29 is 4.79 Å². The van der Waals surface area contributed by atoms with Crippen molar-refractivity contribution in [2.45, 2.75) is 20.3 Å². The molecule has 0 aromatic carbocycles. The lowest BCUT2D eigenvalue weighted by Gasteiger charge is -2.26. The monoisotopic (exact) mass is 241 g/mol. The summed E-state index contributed by atoms with van der Waals surface area (Å²) in [6, 6.07) is 0. The Labute approximate surface area is 105 Å². The lowest BCUT2D eigenvalue weighted by atomic mass is 9.96. The summed E-state index contributed by atoms with van der Waals surface area (Å²) in [5, 5.41) is 3.30. The maximum atomic E-state index is 12.3. The Morgan fingerprint density at radius 3 is 2.47 bits per heavy atom. The average Bonchev–Trinajstić information content (AvgIpc) is 2.69. The van der Waals surface area contributed by atoms with Crippen molar-refractivity contribution in [3.05, 3.63) is 0 Å². The highest BCUT2D eigenvalue weighted by Crippen LogP contribution is 2.18. The molecule has 1 amide bonds. The molecule has 1 fully saturated rings. The van der Waals surface area contributed by atoms with Gasteiger partial charge >= 0.3 is 0 Å². The van der Waals surface area contributed by atoms with E-state index in [0.29, 0.717) is 11.8 Å². The molecule has 1 aliphatic rings. The molecular weight excluding hydrogens is 214 g/mol. The van der Waals surface area contributed by atoms with Crippen LogP contribution in [-0.2, 0) is 4.79 Å². The fraction of sp³-hybridized carbons (Fsp3) is 0.923. The third-order valence-electron chi connectivity index (χ3n) is 3.56. The first-order chi connectivity index (χ1) is 8.06. The summed E-state index contributed by atoms with van der Waals surface area (Å²) >= 11 is 0. The van der Waals surface area contributed by atoms with Crippen LogP contribution in [0.4, 0.5) is 0 Å². The minimum atomic E-state index is 0.189. The van der Waals surface area contributed by atoms with Gasteiger partial charge in [0.05, 0.1) is 5.92 Å². The van der Waals surface area contributed by atoms with E-state index in [4.69, 9.17) is 0 Å². The summed E-state index contributed by atoms with van der Waals surface area (Å²) in [4.78, 5) is 16.5. The number of nitrogens with one attached hydrogen (secondary N) is 1. The summed E-state index contributed by atoms with van der Waals surface area (Å²) in [6.45, 7) is 8.82. The molecule has 100 valence electrons. The third-order valence-corrected chi connectivity index (χ3v) is 3.56. The molecule has 1 heterocycles. The number of rotatable bonds is 6. The standard InChI is InChI=1S/C13H27N3O/c1-5-16(8-6-7-15(3)4)13(17)12-10-14-9-11(12)2/h11-12,14H,5-10H2,1-4H3. The molecule has 1 N–H and O–H groups in total. The highest BCUT2D eigenvalue weighted by molar-refractivity contribution is 5.79. The van der Waals surface area contributed by atoms with Gasteiger partial charge in [-0.25, -0.2) is 0 Å². The average molecular weight is 241 g/mol. The zero-order chi connectivity index (χ0) is 12.8. The van der Waals surface area contributed by atoms with Crippen LogP contribution < -0.4 is 5.32 Å². The summed E-state index contributed by atoms with van der Waals surface area (Å²) in [6.07, 6.45) is 1.06. The molecule has 0 aromatic heterocycles. The molecule has 1 rings (SSSR count). The normalized spacial score (nSPS) is 24.3. The fourth-order valence-electron chi connectivity index (χ4n) is 2.38. The van der Waals surface area contributed by atoms with E-state index in [1.807, 2.05) is 4.90 Å². The largest absolute Gasteiger partial charge is 0.343 e. The number of carbonyl (C=O) groups is 1. The summed E-state index contributed by atoms with van der Waals surface area (Å²) in [7, 11) is 4.14. The Kier molecular flexibility index (Phi) is 5.92. The van der Waals surface area contributed by atoms with Gasteiger partial charge in [0.1, 0.15) is 0 Å². The minimum Gasteiger partial charge on any atom is -0.343 e. The molecule has 4 nitrogen and oxygen atoms in total. The molecule has 2 unspecified atom stereocenters. The van der Waals surface area contributed by atoms with Crippen LogP contribution in [-0.4, -0.2) is 62.5 Å². The number of hydrogen-bond donors (Lipinski definition) is 1. The minimum absolute atomic E-state index is 0.189. The molecule has 0 spiro atoms. The van der Waals surface area contributed by atoms with Crippen LogP contribution in [0.3, 0.4) is 0 Å². The van der Waals surface area contributed by atoms with Gasteiger partial charge in [-0.2, -0.15) is 0 Å². The molecule has 1 saturated heterocycles. The number of hydrogen-bond acceptors (Lipinski definition) is 3. The van der Waals surface area contributed by atoms with Gasteiger partial charge < -0.3 is 15.1 Å². The molecule has 17 heavy (non-hydrogen) atoms. The SMILES string of the molecule is CCN(CCCN(C)C)C(=O)C1CNCC1C. The quantitative estimate of drug-likeness (QED) is 0.741. The zero-order valence-electron chi connectivity index (χ0n) is 11.7. The topological polar surface area (TPSA) is 35.6 Å². The van der Waals surface area contributed by atoms with E-state index in [1.54, 1.807) is 0 Å². The van der Waals surface area contributed by atoms with Crippen LogP contribution in [0.25, 0.3) is 0 Å². The van der Waals surface area contributed by atoms with Crippen molar-refractivity contribution in [1.29, 1.82) is 0 Å². The van der Waals surface area contributed by atoms with Crippen molar-refractivity contribution >= 4 is 5.91 Å². The van der Waals surface area contributed by atoms with Gasteiger partial charge in [0.2, 0.25) is 5.91 Å². The highest BCUT2D eigenvalue weighted by atomic mass is 16.2. The Morgan fingerprint density at radius 1 is 1.29 bits per heavy atom. The van der Waals surface area contributed by atoms with Gasteiger partial charge in [-0.1, -0.05) is 6.92 Å². The summed E-state index contributed by atoms with van der Waals surface area (Å²) in [5.74, 6) is 1.00. The molecule has 0 aromatic rings. The first-order valence-electron chi connectivity index (χ1n) is 6.70. The van der Waals surface area contributed by atoms with Gasteiger partial charge in [0, 0.05) is 19.6 Å². The first-order valence-corrected chi connectivity index (χ1v) is 6.70. The predicted octanol–water partition coefficient (Wildman–Crippen LogP) is 0.642. The number of amides is 1. The van der Waals surface area contributed by atoms with Crippen LogP contribution in [0.15, 0.2) is 0 Å². The summed E-state index contributed by atoms with van der Waals surface area (Å²) in [5.41, 5.74) is 0. The van der Waals surface area contributed by atoms with E-state index in [1.165, 1.54) is 0 Å². The highest BCUT2D eigenvalue weighted by Gasteiger charge is 2.31. The second-order valence-corrected chi connectivity index (χ2v) is 5.32. The third kappa shape index (κ3) is 4.28. The smallest absolute Gasteiger partial charge is 0.227 e. The Balaban J connectivity index is 2.40. The second-order valence-electron chi connectivity index (χ2n) is 5.32. The molecule has 0 bridgehead atoms.